The summed E-state index contributed by atoms with van der Waals surface area (Å²) in [5, 5.41) is 11.8. The molecular weight excluding hydrogens is 466 g/mol. The molecule has 0 saturated heterocycles. The van der Waals surface area contributed by atoms with Crippen LogP contribution in [0.25, 0.3) is 0 Å². The Morgan fingerprint density at radius 1 is 1.24 bits per heavy atom. The predicted octanol–water partition coefficient (Wildman–Crippen LogP) is 5.92. The molecule has 6 nitrogen and oxygen atoms in total. The average Bonchev–Trinajstić information content (AvgIpc) is 3.33. The van der Waals surface area contributed by atoms with Gasteiger partial charge in [0.05, 0.1) is 6.21 Å². The fraction of sp³-hybridized carbons (Fsp3) is 0.316. The number of furan rings is 1. The minimum absolute atomic E-state index is 0.239. The van der Waals surface area contributed by atoms with Crippen LogP contribution in [-0.2, 0) is 6.61 Å². The van der Waals surface area contributed by atoms with Crippen LogP contribution in [0.1, 0.15) is 43.5 Å². The van der Waals surface area contributed by atoms with Crippen LogP contribution < -0.4 is 4.74 Å². The van der Waals surface area contributed by atoms with Crippen LogP contribution in [0.2, 0.25) is 0 Å². The van der Waals surface area contributed by atoms with Gasteiger partial charge < -0.3 is 9.15 Å². The van der Waals surface area contributed by atoms with Gasteiger partial charge in [-0.2, -0.15) is 9.78 Å². The first-order valence-corrected chi connectivity index (χ1v) is 10.7. The van der Waals surface area contributed by atoms with Crippen molar-refractivity contribution < 1.29 is 17.9 Å². The van der Waals surface area contributed by atoms with Gasteiger partial charge in [0.15, 0.2) is 0 Å². The number of rotatable bonds is 10. The molecule has 0 bridgehead atoms. The van der Waals surface area contributed by atoms with E-state index in [0.717, 1.165) is 27.7 Å². The van der Waals surface area contributed by atoms with Crippen LogP contribution in [-0.4, -0.2) is 26.8 Å². The summed E-state index contributed by atoms with van der Waals surface area (Å²) in [6, 6.07) is 10.9. The summed E-state index contributed by atoms with van der Waals surface area (Å²) < 4.78 is 39.7. The van der Waals surface area contributed by atoms with Gasteiger partial charge in [-0.3, -0.25) is 0 Å². The lowest BCUT2D eigenvalue weighted by Gasteiger charge is -2.04. The molecule has 0 fully saturated rings. The Balaban J connectivity index is 1.66. The van der Waals surface area contributed by atoms with E-state index in [-0.39, 0.29) is 6.61 Å². The van der Waals surface area contributed by atoms with E-state index in [1.807, 2.05) is 24.3 Å². The van der Waals surface area contributed by atoms with Crippen molar-refractivity contribution in [2.24, 2.45) is 5.10 Å². The van der Waals surface area contributed by atoms with Gasteiger partial charge in [0.1, 0.15) is 23.9 Å². The Morgan fingerprint density at radius 3 is 2.76 bits per heavy atom. The first-order chi connectivity index (χ1) is 14.1. The lowest BCUT2D eigenvalue weighted by atomic mass is 10.3. The van der Waals surface area contributed by atoms with Gasteiger partial charge in [0.25, 0.3) is 6.43 Å². The molecule has 0 amide bonds. The topological polar surface area (TPSA) is 65.4 Å². The highest BCUT2D eigenvalue weighted by Gasteiger charge is 2.20. The molecule has 1 aromatic carbocycles. The molecule has 3 rings (SSSR count). The third-order valence-electron chi connectivity index (χ3n) is 3.74. The molecule has 10 heteroatoms. The summed E-state index contributed by atoms with van der Waals surface area (Å²) >= 11 is 4.71. The van der Waals surface area contributed by atoms with Gasteiger partial charge in [0.2, 0.25) is 11.0 Å². The van der Waals surface area contributed by atoms with Gasteiger partial charge in [-0.05, 0) is 42.8 Å². The average molecular weight is 485 g/mol. The third-order valence-corrected chi connectivity index (χ3v) is 5.27. The van der Waals surface area contributed by atoms with Crippen LogP contribution in [0.5, 0.6) is 5.75 Å². The molecular formula is C19H19BrF2N4O2S. The van der Waals surface area contributed by atoms with E-state index in [2.05, 4.69) is 38.2 Å². The molecule has 154 valence electrons. The van der Waals surface area contributed by atoms with Crippen molar-refractivity contribution in [1.29, 1.82) is 0 Å². The zero-order valence-corrected chi connectivity index (χ0v) is 18.0. The lowest BCUT2D eigenvalue weighted by molar-refractivity contribution is 0.135. The minimum Gasteiger partial charge on any atom is -0.486 e. The van der Waals surface area contributed by atoms with E-state index in [0.29, 0.717) is 22.4 Å². The summed E-state index contributed by atoms with van der Waals surface area (Å²) in [5.41, 5.74) is 0. The maximum atomic E-state index is 13.2. The molecule has 0 saturated carbocycles. The Hall–Kier alpha value is -2.20. The molecule has 29 heavy (non-hydrogen) atoms. The molecule has 0 aliphatic rings. The van der Waals surface area contributed by atoms with Crippen molar-refractivity contribution in [3.8, 4) is 5.75 Å². The second-order valence-corrected chi connectivity index (χ2v) is 7.92. The third kappa shape index (κ3) is 6.14. The van der Waals surface area contributed by atoms with Crippen LogP contribution in [0.3, 0.4) is 0 Å². The second-order valence-electron chi connectivity index (χ2n) is 5.95. The highest BCUT2D eigenvalue weighted by Crippen LogP contribution is 2.24. The number of benzene rings is 1. The number of ether oxygens (including phenoxy) is 1. The molecule has 0 radical (unpaired) electrons. The fourth-order valence-corrected chi connectivity index (χ4v) is 3.50. The Bertz CT molecular complexity index is 944. The fourth-order valence-electron chi connectivity index (χ4n) is 2.26. The first-order valence-electron chi connectivity index (χ1n) is 8.94. The number of alkyl halides is 2. The maximum absolute atomic E-state index is 13.2. The molecule has 0 aliphatic carbocycles. The summed E-state index contributed by atoms with van der Waals surface area (Å²) in [6.45, 7) is 2.30. The van der Waals surface area contributed by atoms with Gasteiger partial charge in [-0.25, -0.2) is 8.78 Å². The van der Waals surface area contributed by atoms with Crippen molar-refractivity contribution in [1.82, 2.24) is 14.9 Å². The van der Waals surface area contributed by atoms with E-state index in [1.54, 1.807) is 12.1 Å². The first kappa shape index (κ1) is 21.5. The zero-order chi connectivity index (χ0) is 20.6. The Morgan fingerprint density at radius 2 is 2.03 bits per heavy atom. The number of hydrogen-bond acceptors (Lipinski definition) is 6. The van der Waals surface area contributed by atoms with Crippen molar-refractivity contribution >= 4 is 33.9 Å². The van der Waals surface area contributed by atoms with Crippen LogP contribution >= 0.6 is 27.7 Å². The summed E-state index contributed by atoms with van der Waals surface area (Å²) in [7, 11) is 0. The molecule has 0 aliphatic heterocycles. The summed E-state index contributed by atoms with van der Waals surface area (Å²) in [5.74, 6) is 1.97. The van der Waals surface area contributed by atoms with Crippen molar-refractivity contribution in [3.63, 3.8) is 0 Å². The molecule has 0 N–H and O–H groups in total. The largest absolute Gasteiger partial charge is 0.486 e. The van der Waals surface area contributed by atoms with Crippen LogP contribution in [0, 0.1) is 0 Å². The smallest absolute Gasteiger partial charge is 0.299 e. The van der Waals surface area contributed by atoms with Gasteiger partial charge in [0, 0.05) is 10.2 Å². The maximum Gasteiger partial charge on any atom is 0.299 e. The minimum atomic E-state index is -2.77. The van der Waals surface area contributed by atoms with E-state index in [4.69, 9.17) is 9.15 Å². The van der Waals surface area contributed by atoms with Gasteiger partial charge >= 0.3 is 0 Å². The number of aromatic nitrogens is 3. The van der Waals surface area contributed by atoms with E-state index >= 15 is 0 Å². The SMILES string of the molecule is CCCCSc1nnc(C(F)F)n1/N=C/c1ccc(COc2ccc(Br)cc2)o1. The van der Waals surface area contributed by atoms with Crippen molar-refractivity contribution in [3.05, 3.63) is 58.2 Å². The number of hydrogen-bond donors (Lipinski definition) is 0. The molecule has 3 aromatic rings. The van der Waals surface area contributed by atoms with Gasteiger partial charge in [-0.1, -0.05) is 41.0 Å². The standard InChI is InChI=1S/C19H19BrF2N4O2S/c1-2-3-10-29-19-25-24-18(17(21)22)26(19)23-11-15-8-9-16(28-15)12-27-14-6-4-13(20)5-7-14/h4-9,11,17H,2-3,10,12H2,1H3/b23-11+. The van der Waals surface area contributed by atoms with Crippen molar-refractivity contribution in [2.45, 2.75) is 38.0 Å². The number of unbranched alkanes of at least 4 members (excludes halogenated alkanes) is 1. The summed E-state index contributed by atoms with van der Waals surface area (Å²) in [4.78, 5) is 0. The Kier molecular flexibility index (Phi) is 7.82. The lowest BCUT2D eigenvalue weighted by Crippen LogP contribution is -2.01. The van der Waals surface area contributed by atoms with Crippen LogP contribution in [0.15, 0.2) is 55.5 Å². The molecule has 2 heterocycles. The van der Waals surface area contributed by atoms with E-state index < -0.39 is 12.2 Å². The number of thioether (sulfide) groups is 1. The van der Waals surface area contributed by atoms with Crippen molar-refractivity contribution in [2.75, 3.05) is 5.75 Å². The zero-order valence-electron chi connectivity index (χ0n) is 15.6. The quantitative estimate of drug-likeness (QED) is 0.203. The number of nitrogens with zero attached hydrogens (tertiary/aromatic N) is 4. The molecule has 0 spiro atoms. The predicted molar refractivity (Wildman–Crippen MR) is 111 cm³/mol. The highest BCUT2D eigenvalue weighted by molar-refractivity contribution is 9.10. The van der Waals surface area contributed by atoms with E-state index in [9.17, 15) is 8.78 Å². The second kappa shape index (κ2) is 10.5. The number of halogens is 3. The highest BCUT2D eigenvalue weighted by atomic mass is 79.9. The normalized spacial score (nSPS) is 11.6. The molecule has 0 unspecified atom stereocenters. The summed E-state index contributed by atoms with van der Waals surface area (Å²) in [6.07, 6.45) is 0.545. The van der Waals surface area contributed by atoms with E-state index in [1.165, 1.54) is 18.0 Å². The molecule has 2 aromatic heterocycles. The van der Waals surface area contributed by atoms with Gasteiger partial charge in [-0.15, -0.1) is 10.2 Å². The molecule has 0 atom stereocenters. The monoisotopic (exact) mass is 484 g/mol. The van der Waals surface area contributed by atoms with Crippen LogP contribution in [0.4, 0.5) is 8.78 Å². The Labute approximate surface area is 179 Å².